The lowest BCUT2D eigenvalue weighted by molar-refractivity contribution is -0.138. The molecule has 1 unspecified atom stereocenters. The first-order valence-corrected chi connectivity index (χ1v) is 11.7. The van der Waals surface area contributed by atoms with Crippen LogP contribution in [0, 0.1) is 18.8 Å². The van der Waals surface area contributed by atoms with Gasteiger partial charge >= 0.3 is 6.18 Å². The number of halogens is 3. The fourth-order valence-electron chi connectivity index (χ4n) is 5.85. The first kappa shape index (κ1) is 21.9. The minimum absolute atomic E-state index is 0.00330. The number of piperazine rings is 1. The first-order chi connectivity index (χ1) is 15.1. The van der Waals surface area contributed by atoms with Crippen molar-refractivity contribution < 1.29 is 13.2 Å². The third-order valence-corrected chi connectivity index (χ3v) is 7.72. The number of hydrogen-bond acceptors (Lipinski definition) is 4. The van der Waals surface area contributed by atoms with E-state index in [2.05, 4.69) is 40.2 Å². The van der Waals surface area contributed by atoms with Crippen molar-refractivity contribution in [2.75, 3.05) is 33.2 Å². The molecule has 2 aliphatic carbocycles. The molecule has 3 fully saturated rings. The Morgan fingerprint density at radius 1 is 1.06 bits per heavy atom. The molecule has 0 aromatic carbocycles. The molecule has 174 valence electrons. The van der Waals surface area contributed by atoms with Crippen LogP contribution in [0.3, 0.4) is 0 Å². The molecule has 5 rings (SSSR count). The Bertz CT molecular complexity index is 978. The summed E-state index contributed by atoms with van der Waals surface area (Å²) in [4.78, 5) is 13.8. The Kier molecular flexibility index (Phi) is 5.36. The SMILES string of the molecule is Cc1ncc(-c2cn([C@H]3[C@@H]4CC(N5CCN(C)CC5)C[C@@H]43)c(C(C)C)n2)cc1C(F)(F)F. The summed E-state index contributed by atoms with van der Waals surface area (Å²) in [5.74, 6) is 2.48. The van der Waals surface area contributed by atoms with E-state index >= 15 is 0 Å². The quantitative estimate of drug-likeness (QED) is 0.687. The number of alkyl halides is 3. The molecule has 0 N–H and O–H groups in total. The van der Waals surface area contributed by atoms with Gasteiger partial charge in [0.15, 0.2) is 0 Å². The summed E-state index contributed by atoms with van der Waals surface area (Å²) in [6.45, 7) is 10.2. The molecule has 0 bridgehead atoms. The van der Waals surface area contributed by atoms with Crippen molar-refractivity contribution in [3.63, 3.8) is 0 Å². The van der Waals surface area contributed by atoms with Gasteiger partial charge in [-0.25, -0.2) is 4.98 Å². The van der Waals surface area contributed by atoms with Gasteiger partial charge in [0.25, 0.3) is 0 Å². The van der Waals surface area contributed by atoms with Crippen LogP contribution in [-0.2, 0) is 6.18 Å². The average Bonchev–Trinajstić information content (AvgIpc) is 3.08. The third-order valence-electron chi connectivity index (χ3n) is 7.72. The second-order valence-corrected chi connectivity index (χ2v) is 10.2. The summed E-state index contributed by atoms with van der Waals surface area (Å²) < 4.78 is 42.4. The number of rotatable bonds is 4. The molecular weight excluding hydrogens is 415 g/mol. The lowest BCUT2D eigenvalue weighted by Gasteiger charge is -2.37. The normalized spacial score (nSPS) is 29.0. The molecular formula is C24H32F3N5. The minimum Gasteiger partial charge on any atom is -0.330 e. The van der Waals surface area contributed by atoms with Crippen molar-refractivity contribution in [2.45, 2.75) is 57.8 Å². The Morgan fingerprint density at radius 3 is 2.31 bits per heavy atom. The summed E-state index contributed by atoms with van der Waals surface area (Å²) in [6.07, 6.45) is 1.50. The van der Waals surface area contributed by atoms with Crippen molar-refractivity contribution >= 4 is 0 Å². The van der Waals surface area contributed by atoms with Gasteiger partial charge in [0.05, 0.1) is 11.3 Å². The number of aromatic nitrogens is 3. The van der Waals surface area contributed by atoms with E-state index in [0.29, 0.717) is 35.2 Å². The zero-order chi connectivity index (χ0) is 22.8. The van der Waals surface area contributed by atoms with Crippen LogP contribution in [0.2, 0.25) is 0 Å². The second-order valence-electron chi connectivity index (χ2n) is 10.2. The maximum Gasteiger partial charge on any atom is 0.418 e. The Morgan fingerprint density at radius 2 is 1.72 bits per heavy atom. The summed E-state index contributed by atoms with van der Waals surface area (Å²) in [5, 5.41) is 0. The van der Waals surface area contributed by atoms with Gasteiger partial charge in [-0.05, 0) is 44.7 Å². The monoisotopic (exact) mass is 447 g/mol. The molecule has 4 atom stereocenters. The topological polar surface area (TPSA) is 37.2 Å². The van der Waals surface area contributed by atoms with Crippen molar-refractivity contribution in [1.82, 2.24) is 24.3 Å². The fraction of sp³-hybridized carbons (Fsp3) is 0.667. The highest BCUT2D eigenvalue weighted by Gasteiger charge is 2.58. The van der Waals surface area contributed by atoms with Crippen molar-refractivity contribution in [3.8, 4) is 11.3 Å². The van der Waals surface area contributed by atoms with Gasteiger partial charge < -0.3 is 9.47 Å². The van der Waals surface area contributed by atoms with E-state index < -0.39 is 11.7 Å². The van der Waals surface area contributed by atoms with E-state index in [0.717, 1.165) is 32.0 Å². The fourth-order valence-corrected chi connectivity index (χ4v) is 5.85. The van der Waals surface area contributed by atoms with E-state index in [-0.39, 0.29) is 11.6 Å². The summed E-state index contributed by atoms with van der Waals surface area (Å²) in [5.41, 5.74) is 0.336. The lowest BCUT2D eigenvalue weighted by Crippen LogP contribution is -2.48. The molecule has 3 heterocycles. The van der Waals surface area contributed by atoms with Gasteiger partial charge in [-0.2, -0.15) is 13.2 Å². The van der Waals surface area contributed by atoms with Gasteiger partial charge in [-0.15, -0.1) is 0 Å². The molecule has 1 aliphatic heterocycles. The summed E-state index contributed by atoms with van der Waals surface area (Å²) >= 11 is 0. The largest absolute Gasteiger partial charge is 0.418 e. The molecule has 8 heteroatoms. The molecule has 32 heavy (non-hydrogen) atoms. The molecule has 3 aliphatic rings. The molecule has 1 saturated heterocycles. The number of nitrogens with zero attached hydrogens (tertiary/aromatic N) is 5. The van der Waals surface area contributed by atoms with Gasteiger partial charge in [0, 0.05) is 67.8 Å². The Hall–Kier alpha value is -1.93. The van der Waals surface area contributed by atoms with E-state index in [4.69, 9.17) is 4.98 Å². The molecule has 5 nitrogen and oxygen atoms in total. The van der Waals surface area contributed by atoms with Crippen LogP contribution in [-0.4, -0.2) is 63.6 Å². The summed E-state index contributed by atoms with van der Waals surface area (Å²) in [7, 11) is 2.19. The zero-order valence-electron chi connectivity index (χ0n) is 19.2. The Balaban J connectivity index is 1.36. The first-order valence-electron chi connectivity index (χ1n) is 11.7. The van der Waals surface area contributed by atoms with Crippen LogP contribution < -0.4 is 0 Å². The highest BCUT2D eigenvalue weighted by molar-refractivity contribution is 5.59. The van der Waals surface area contributed by atoms with E-state index in [1.807, 2.05) is 6.20 Å². The zero-order valence-corrected chi connectivity index (χ0v) is 19.2. The third kappa shape index (κ3) is 3.85. The lowest BCUT2D eigenvalue weighted by atomic mass is 10.1. The van der Waals surface area contributed by atoms with Crippen LogP contribution in [0.15, 0.2) is 18.5 Å². The van der Waals surface area contributed by atoms with Crippen LogP contribution in [0.25, 0.3) is 11.3 Å². The van der Waals surface area contributed by atoms with Crippen LogP contribution >= 0.6 is 0 Å². The smallest absolute Gasteiger partial charge is 0.330 e. The number of fused-ring (bicyclic) bond motifs is 1. The van der Waals surface area contributed by atoms with Gasteiger partial charge in [0.1, 0.15) is 5.82 Å². The molecule has 2 aromatic rings. The number of aryl methyl sites for hydroxylation is 1. The van der Waals surface area contributed by atoms with Crippen molar-refractivity contribution in [1.29, 1.82) is 0 Å². The van der Waals surface area contributed by atoms with Crippen LogP contribution in [0.5, 0.6) is 0 Å². The van der Waals surface area contributed by atoms with Crippen molar-refractivity contribution in [3.05, 3.63) is 35.5 Å². The van der Waals surface area contributed by atoms with Gasteiger partial charge in [-0.1, -0.05) is 13.8 Å². The van der Waals surface area contributed by atoms with E-state index in [1.54, 1.807) is 0 Å². The Labute approximate surface area is 187 Å². The average molecular weight is 448 g/mol. The highest BCUT2D eigenvalue weighted by Crippen LogP contribution is 2.62. The standard InChI is InChI=1S/C24H32F3N5/c1-14(2)23-29-21(16-9-20(24(25,26)27)15(3)28-12-16)13-32(23)22-18-10-17(11-19(18)22)31-7-5-30(4)6-8-31/h9,12-14,17-19,22H,5-8,10-11H2,1-4H3/t17?,18-,19+,22+. The predicted molar refractivity (Wildman–Crippen MR) is 117 cm³/mol. The molecule has 0 spiro atoms. The van der Waals surface area contributed by atoms with Gasteiger partial charge in [-0.3, -0.25) is 9.88 Å². The highest BCUT2D eigenvalue weighted by atomic mass is 19.4. The number of pyridine rings is 1. The maximum absolute atomic E-state index is 13.4. The number of imidazole rings is 1. The number of likely N-dealkylation sites (N-methyl/N-ethyl adjacent to an activating group) is 1. The minimum atomic E-state index is -4.41. The van der Waals surface area contributed by atoms with Gasteiger partial charge in [0.2, 0.25) is 0 Å². The summed E-state index contributed by atoms with van der Waals surface area (Å²) in [6, 6.07) is 2.30. The van der Waals surface area contributed by atoms with Crippen LogP contribution in [0.4, 0.5) is 13.2 Å². The van der Waals surface area contributed by atoms with E-state index in [9.17, 15) is 13.2 Å². The second kappa shape index (κ2) is 7.83. The predicted octanol–water partition coefficient (Wildman–Crippen LogP) is 4.59. The molecule has 0 radical (unpaired) electrons. The molecule has 2 aromatic heterocycles. The van der Waals surface area contributed by atoms with E-state index in [1.165, 1.54) is 32.0 Å². The van der Waals surface area contributed by atoms with Crippen molar-refractivity contribution in [2.24, 2.45) is 11.8 Å². The molecule has 2 saturated carbocycles. The number of hydrogen-bond donors (Lipinski definition) is 0. The van der Waals surface area contributed by atoms with Crippen LogP contribution in [0.1, 0.15) is 55.7 Å². The molecule has 0 amide bonds. The maximum atomic E-state index is 13.4.